The van der Waals surface area contributed by atoms with Crippen LogP contribution in [0.1, 0.15) is 25.5 Å². The van der Waals surface area contributed by atoms with Crippen LogP contribution in [-0.4, -0.2) is 12.5 Å². The van der Waals surface area contributed by atoms with Crippen molar-refractivity contribution in [1.29, 1.82) is 0 Å². The number of nitrogens with one attached hydrogen (secondary N) is 1. The lowest BCUT2D eigenvalue weighted by Crippen LogP contribution is -2.19. The molecule has 0 saturated heterocycles. The minimum Gasteiger partial charge on any atom is -0.492 e. The molecule has 0 aliphatic carbocycles. The number of carbonyl (C=O) groups is 1. The molecule has 0 saturated carbocycles. The second kappa shape index (κ2) is 4.66. The van der Waals surface area contributed by atoms with E-state index >= 15 is 0 Å². The van der Waals surface area contributed by atoms with E-state index in [0.29, 0.717) is 12.5 Å². The summed E-state index contributed by atoms with van der Waals surface area (Å²) in [6.07, 6.45) is 0. The molecule has 0 bridgehead atoms. The van der Waals surface area contributed by atoms with Gasteiger partial charge in [-0.05, 0) is 27.9 Å². The Labute approximate surface area is 109 Å². The van der Waals surface area contributed by atoms with Gasteiger partial charge in [0, 0.05) is 17.3 Å². The second-order valence-corrected chi connectivity index (χ2v) is 5.40. The van der Waals surface area contributed by atoms with Gasteiger partial charge in [-0.3, -0.25) is 4.79 Å². The van der Waals surface area contributed by atoms with Gasteiger partial charge in [0.25, 0.3) is 0 Å². The third kappa shape index (κ3) is 2.45. The summed E-state index contributed by atoms with van der Waals surface area (Å²) < 4.78 is 6.48. The number of amides is 1. The Balaban J connectivity index is 2.27. The number of carbonyl (C=O) groups excluding carboxylic acids is 1. The van der Waals surface area contributed by atoms with E-state index in [1.54, 1.807) is 0 Å². The first-order valence-electron chi connectivity index (χ1n) is 5.51. The van der Waals surface area contributed by atoms with E-state index in [9.17, 15) is 4.79 Å². The number of anilines is 1. The maximum absolute atomic E-state index is 11.4. The molecule has 0 radical (unpaired) electrons. The highest BCUT2D eigenvalue weighted by Crippen LogP contribution is 2.37. The number of halogens is 1. The molecule has 5 heteroatoms. The van der Waals surface area contributed by atoms with Gasteiger partial charge >= 0.3 is 0 Å². The van der Waals surface area contributed by atoms with Crippen LogP contribution in [0.2, 0.25) is 0 Å². The Morgan fingerprint density at radius 3 is 2.88 bits per heavy atom. The number of fused-ring (bicyclic) bond motifs is 1. The molecule has 0 fully saturated rings. The predicted molar refractivity (Wildman–Crippen MR) is 70.0 cm³/mol. The molecule has 92 valence electrons. The van der Waals surface area contributed by atoms with E-state index in [2.05, 4.69) is 35.1 Å². The van der Waals surface area contributed by atoms with Gasteiger partial charge in [0.05, 0.1) is 11.1 Å². The molecule has 1 aromatic carbocycles. The first kappa shape index (κ1) is 12.4. The van der Waals surface area contributed by atoms with Crippen LogP contribution in [-0.2, 0) is 4.79 Å². The minimum atomic E-state index is -0.583. The fourth-order valence-corrected chi connectivity index (χ4v) is 2.13. The molecule has 3 N–H and O–H groups in total. The van der Waals surface area contributed by atoms with Gasteiger partial charge in [-0.15, -0.1) is 0 Å². The van der Waals surface area contributed by atoms with Gasteiger partial charge in [-0.25, -0.2) is 0 Å². The van der Waals surface area contributed by atoms with Gasteiger partial charge in [-0.2, -0.15) is 0 Å². The molecule has 1 aliphatic rings. The summed E-state index contributed by atoms with van der Waals surface area (Å²) in [5.74, 6) is 1.01. The molecule has 0 aromatic heterocycles. The van der Waals surface area contributed by atoms with Crippen molar-refractivity contribution in [2.24, 2.45) is 11.7 Å². The lowest BCUT2D eigenvalue weighted by Gasteiger charge is -2.12. The van der Waals surface area contributed by atoms with Crippen molar-refractivity contribution in [3.05, 3.63) is 22.2 Å². The highest BCUT2D eigenvalue weighted by molar-refractivity contribution is 9.10. The molecular weight excluding hydrogens is 284 g/mol. The molecule has 1 unspecified atom stereocenters. The number of rotatable bonds is 3. The zero-order chi connectivity index (χ0) is 12.6. The number of ether oxygens (including phenoxy) is 1. The van der Waals surface area contributed by atoms with Crippen LogP contribution in [0.25, 0.3) is 0 Å². The molecular formula is C12H15BrN2O2. The van der Waals surface area contributed by atoms with Gasteiger partial charge in [0.2, 0.25) is 5.91 Å². The van der Waals surface area contributed by atoms with E-state index in [0.717, 1.165) is 21.5 Å². The molecule has 1 heterocycles. The lowest BCUT2D eigenvalue weighted by atomic mass is 10.1. The standard InChI is InChI=1S/C12H15BrN2O2/c1-6(2)5-17-10-4-9-7(3-8(10)13)11(14)12(16)15-9/h3-4,6,11H,5,14H2,1-2H3,(H,15,16). The molecule has 1 aliphatic heterocycles. The average molecular weight is 299 g/mol. The number of hydrogen-bond donors (Lipinski definition) is 2. The summed E-state index contributed by atoms with van der Waals surface area (Å²) in [7, 11) is 0. The van der Waals surface area contributed by atoms with Crippen molar-refractivity contribution in [3.63, 3.8) is 0 Å². The first-order valence-corrected chi connectivity index (χ1v) is 6.31. The van der Waals surface area contributed by atoms with Crippen LogP contribution in [0, 0.1) is 5.92 Å². The molecule has 0 spiro atoms. The van der Waals surface area contributed by atoms with Crippen molar-refractivity contribution in [3.8, 4) is 5.75 Å². The van der Waals surface area contributed by atoms with Gasteiger partial charge in [-0.1, -0.05) is 13.8 Å². The zero-order valence-electron chi connectivity index (χ0n) is 9.79. The van der Waals surface area contributed by atoms with Crippen LogP contribution < -0.4 is 15.8 Å². The third-order valence-corrected chi connectivity index (χ3v) is 3.17. The SMILES string of the molecule is CC(C)COc1cc2c(cc1Br)C(N)C(=O)N2. The molecule has 1 amide bonds. The van der Waals surface area contributed by atoms with Crippen molar-refractivity contribution < 1.29 is 9.53 Å². The summed E-state index contributed by atoms with van der Waals surface area (Å²) >= 11 is 3.43. The number of hydrogen-bond acceptors (Lipinski definition) is 3. The van der Waals surface area contributed by atoms with Crippen LogP contribution in [0.4, 0.5) is 5.69 Å². The second-order valence-electron chi connectivity index (χ2n) is 4.54. The van der Waals surface area contributed by atoms with E-state index in [1.165, 1.54) is 0 Å². The first-order chi connectivity index (χ1) is 7.99. The van der Waals surface area contributed by atoms with Gasteiger partial charge < -0.3 is 15.8 Å². The normalized spacial score (nSPS) is 18.2. The molecule has 4 nitrogen and oxygen atoms in total. The fraction of sp³-hybridized carbons (Fsp3) is 0.417. The van der Waals surface area contributed by atoms with E-state index in [1.807, 2.05) is 12.1 Å². The summed E-state index contributed by atoms with van der Waals surface area (Å²) in [6, 6.07) is 3.07. The van der Waals surface area contributed by atoms with Crippen molar-refractivity contribution in [1.82, 2.24) is 0 Å². The van der Waals surface area contributed by atoms with Crippen LogP contribution in [0.3, 0.4) is 0 Å². The van der Waals surface area contributed by atoms with Crippen LogP contribution in [0.5, 0.6) is 5.75 Å². The highest BCUT2D eigenvalue weighted by Gasteiger charge is 2.28. The number of benzene rings is 1. The largest absolute Gasteiger partial charge is 0.492 e. The van der Waals surface area contributed by atoms with E-state index < -0.39 is 6.04 Å². The maximum Gasteiger partial charge on any atom is 0.245 e. The summed E-state index contributed by atoms with van der Waals surface area (Å²) in [5.41, 5.74) is 7.30. The van der Waals surface area contributed by atoms with Crippen LogP contribution in [0.15, 0.2) is 16.6 Å². The Morgan fingerprint density at radius 2 is 2.24 bits per heavy atom. The average Bonchev–Trinajstić information content (AvgIpc) is 2.52. The van der Waals surface area contributed by atoms with E-state index in [-0.39, 0.29) is 5.91 Å². The van der Waals surface area contributed by atoms with Gasteiger partial charge in [0.1, 0.15) is 11.8 Å². The quantitative estimate of drug-likeness (QED) is 0.901. The van der Waals surface area contributed by atoms with Crippen molar-refractivity contribution in [2.45, 2.75) is 19.9 Å². The predicted octanol–water partition coefficient (Wildman–Crippen LogP) is 2.44. The number of nitrogens with two attached hydrogens (primary N) is 1. The summed E-state index contributed by atoms with van der Waals surface area (Å²) in [5, 5.41) is 2.74. The Bertz CT molecular complexity index is 460. The smallest absolute Gasteiger partial charge is 0.245 e. The van der Waals surface area contributed by atoms with Gasteiger partial charge in [0.15, 0.2) is 0 Å². The van der Waals surface area contributed by atoms with Crippen molar-refractivity contribution >= 4 is 27.5 Å². The highest BCUT2D eigenvalue weighted by atomic mass is 79.9. The lowest BCUT2D eigenvalue weighted by molar-refractivity contribution is -0.116. The summed E-state index contributed by atoms with van der Waals surface area (Å²) in [4.78, 5) is 11.4. The Hall–Kier alpha value is -1.07. The maximum atomic E-state index is 11.4. The minimum absolute atomic E-state index is 0.173. The monoisotopic (exact) mass is 298 g/mol. The topological polar surface area (TPSA) is 64.3 Å². The van der Waals surface area contributed by atoms with E-state index in [4.69, 9.17) is 10.5 Å². The zero-order valence-corrected chi connectivity index (χ0v) is 11.4. The molecule has 17 heavy (non-hydrogen) atoms. The fourth-order valence-electron chi connectivity index (χ4n) is 1.65. The van der Waals surface area contributed by atoms with Crippen molar-refractivity contribution in [2.75, 3.05) is 11.9 Å². The molecule has 2 rings (SSSR count). The Kier molecular flexibility index (Phi) is 3.40. The summed E-state index contributed by atoms with van der Waals surface area (Å²) in [6.45, 7) is 4.80. The van der Waals surface area contributed by atoms with Crippen LogP contribution >= 0.6 is 15.9 Å². The third-order valence-electron chi connectivity index (χ3n) is 2.55. The molecule has 1 atom stereocenters. The Morgan fingerprint density at radius 1 is 1.53 bits per heavy atom. The molecule has 1 aromatic rings.